The first-order valence-corrected chi connectivity index (χ1v) is 11.8. The fraction of sp³-hybridized carbons (Fsp3) is 1.00. The molecule has 3 aliphatic rings. The third-order valence-corrected chi connectivity index (χ3v) is 6.77. The second-order valence-electron chi connectivity index (χ2n) is 9.73. The van der Waals surface area contributed by atoms with Gasteiger partial charge in [-0.3, -0.25) is 0 Å². The molecule has 6 unspecified atom stereocenters. The SMILES string of the molecule is CC(C)[C@@H]1OC(CO[C@@H]2OC(CO[C@@H]3OC(CO)[C@H](O)C(O)[C@H]3O)[C@H](O)C(O)[C@H]2O)[C@H](O)C(O)[C@H]1O. The predicted octanol–water partition coefficient (Wildman–Crippen LogP) is -5.87. The molecule has 3 saturated heterocycles. The lowest BCUT2D eigenvalue weighted by molar-refractivity contribution is -0.336. The van der Waals surface area contributed by atoms with Crippen molar-refractivity contribution in [2.45, 2.75) is 106 Å². The second kappa shape index (κ2) is 12.5. The maximum absolute atomic E-state index is 10.3. The molecule has 0 aromatic heterocycles. The molecular formula is C21H38O15. The molecule has 3 fully saturated rings. The van der Waals surface area contributed by atoms with Gasteiger partial charge in [0.05, 0.1) is 25.9 Å². The van der Waals surface area contributed by atoms with Crippen molar-refractivity contribution in [2.24, 2.45) is 5.92 Å². The van der Waals surface area contributed by atoms with Gasteiger partial charge in [-0.15, -0.1) is 0 Å². The van der Waals surface area contributed by atoms with Gasteiger partial charge in [0.1, 0.15) is 73.2 Å². The minimum Gasteiger partial charge on any atom is -0.394 e. The quantitative estimate of drug-likeness (QED) is 0.140. The molecule has 0 spiro atoms. The van der Waals surface area contributed by atoms with E-state index in [9.17, 15) is 51.1 Å². The molecule has 0 aromatic rings. The Morgan fingerprint density at radius 1 is 0.528 bits per heavy atom. The lowest BCUT2D eigenvalue weighted by Gasteiger charge is -2.44. The smallest absolute Gasteiger partial charge is 0.186 e. The molecule has 3 heterocycles. The third-order valence-electron chi connectivity index (χ3n) is 6.77. The van der Waals surface area contributed by atoms with E-state index in [0.29, 0.717) is 0 Å². The molecule has 212 valence electrons. The van der Waals surface area contributed by atoms with Gasteiger partial charge in [0.15, 0.2) is 12.6 Å². The van der Waals surface area contributed by atoms with E-state index in [0.717, 1.165) is 0 Å². The first-order valence-electron chi connectivity index (χ1n) is 11.8. The van der Waals surface area contributed by atoms with Crippen LogP contribution in [0.3, 0.4) is 0 Å². The summed E-state index contributed by atoms with van der Waals surface area (Å²) in [5, 5.41) is 100. The molecule has 10 N–H and O–H groups in total. The fourth-order valence-electron chi connectivity index (χ4n) is 4.44. The first-order chi connectivity index (χ1) is 16.9. The van der Waals surface area contributed by atoms with Crippen LogP contribution < -0.4 is 0 Å². The fourth-order valence-corrected chi connectivity index (χ4v) is 4.44. The van der Waals surface area contributed by atoms with Gasteiger partial charge >= 0.3 is 0 Å². The van der Waals surface area contributed by atoms with Gasteiger partial charge in [0.25, 0.3) is 0 Å². The van der Waals surface area contributed by atoms with Crippen LogP contribution in [0.4, 0.5) is 0 Å². The molecule has 0 aliphatic carbocycles. The normalized spacial score (nSPS) is 50.4. The Bertz CT molecular complexity index is 682. The zero-order valence-corrected chi connectivity index (χ0v) is 19.9. The zero-order chi connectivity index (χ0) is 26.9. The summed E-state index contributed by atoms with van der Waals surface area (Å²) in [5.74, 6) is -0.206. The lowest BCUT2D eigenvalue weighted by Crippen LogP contribution is -2.62. The van der Waals surface area contributed by atoms with Gasteiger partial charge in [-0.25, -0.2) is 0 Å². The summed E-state index contributed by atoms with van der Waals surface area (Å²) in [7, 11) is 0. The van der Waals surface area contributed by atoms with Crippen molar-refractivity contribution < 1.29 is 74.7 Å². The summed E-state index contributed by atoms with van der Waals surface area (Å²) in [6.07, 6.45) is -22.0. The Morgan fingerprint density at radius 2 is 0.917 bits per heavy atom. The molecule has 15 heteroatoms. The van der Waals surface area contributed by atoms with Crippen molar-refractivity contribution in [1.29, 1.82) is 0 Å². The molecule has 36 heavy (non-hydrogen) atoms. The number of hydrogen-bond donors (Lipinski definition) is 10. The van der Waals surface area contributed by atoms with Crippen LogP contribution in [0, 0.1) is 5.92 Å². The van der Waals surface area contributed by atoms with Crippen LogP contribution in [-0.4, -0.2) is 163 Å². The minimum atomic E-state index is -1.75. The number of ether oxygens (including phenoxy) is 5. The van der Waals surface area contributed by atoms with E-state index in [1.165, 1.54) is 0 Å². The van der Waals surface area contributed by atoms with Gasteiger partial charge in [0, 0.05) is 0 Å². The van der Waals surface area contributed by atoms with E-state index < -0.39 is 112 Å². The topological polar surface area (TPSA) is 248 Å². The second-order valence-corrected chi connectivity index (χ2v) is 9.73. The van der Waals surface area contributed by atoms with E-state index in [4.69, 9.17) is 23.7 Å². The molecule has 0 amide bonds. The average molecular weight is 531 g/mol. The van der Waals surface area contributed by atoms with Gasteiger partial charge in [0.2, 0.25) is 0 Å². The van der Waals surface area contributed by atoms with Crippen LogP contribution in [0.2, 0.25) is 0 Å². The van der Waals surface area contributed by atoms with Crippen molar-refractivity contribution in [3.63, 3.8) is 0 Å². The summed E-state index contributed by atoms with van der Waals surface area (Å²) < 4.78 is 27.2. The van der Waals surface area contributed by atoms with Crippen LogP contribution in [0.1, 0.15) is 13.8 Å². The van der Waals surface area contributed by atoms with E-state index in [1.54, 1.807) is 13.8 Å². The van der Waals surface area contributed by atoms with Crippen molar-refractivity contribution in [2.75, 3.05) is 19.8 Å². The highest BCUT2D eigenvalue weighted by Gasteiger charge is 2.49. The number of hydrogen-bond acceptors (Lipinski definition) is 15. The van der Waals surface area contributed by atoms with Gasteiger partial charge in [-0.05, 0) is 5.92 Å². The van der Waals surface area contributed by atoms with Crippen LogP contribution >= 0.6 is 0 Å². The van der Waals surface area contributed by atoms with Crippen molar-refractivity contribution in [3.05, 3.63) is 0 Å². The zero-order valence-electron chi connectivity index (χ0n) is 19.9. The third kappa shape index (κ3) is 6.17. The Kier molecular flexibility index (Phi) is 10.4. The summed E-state index contributed by atoms with van der Waals surface area (Å²) in [5.41, 5.74) is 0. The lowest BCUT2D eigenvalue weighted by atomic mass is 9.89. The molecular weight excluding hydrogens is 492 g/mol. The molecule has 15 atom stereocenters. The first kappa shape index (κ1) is 29.9. The van der Waals surface area contributed by atoms with Gasteiger partial charge < -0.3 is 74.7 Å². The average Bonchev–Trinajstić information content (AvgIpc) is 2.85. The summed E-state index contributed by atoms with van der Waals surface area (Å²) >= 11 is 0. The Morgan fingerprint density at radius 3 is 1.36 bits per heavy atom. The molecule has 0 radical (unpaired) electrons. The Labute approximate surface area is 207 Å². The summed E-state index contributed by atoms with van der Waals surface area (Å²) in [6, 6.07) is 0. The maximum atomic E-state index is 10.3. The highest BCUT2D eigenvalue weighted by molar-refractivity contribution is 4.94. The van der Waals surface area contributed by atoms with Crippen molar-refractivity contribution in [3.8, 4) is 0 Å². The van der Waals surface area contributed by atoms with Crippen molar-refractivity contribution in [1.82, 2.24) is 0 Å². The van der Waals surface area contributed by atoms with Crippen LogP contribution in [0.25, 0.3) is 0 Å². The van der Waals surface area contributed by atoms with E-state index in [2.05, 4.69) is 0 Å². The van der Waals surface area contributed by atoms with E-state index in [-0.39, 0.29) is 5.92 Å². The molecule has 3 rings (SSSR count). The van der Waals surface area contributed by atoms with E-state index in [1.807, 2.05) is 0 Å². The number of rotatable bonds is 8. The van der Waals surface area contributed by atoms with Crippen LogP contribution in [0.15, 0.2) is 0 Å². The van der Waals surface area contributed by atoms with Gasteiger partial charge in [-0.2, -0.15) is 0 Å². The Hall–Kier alpha value is -0.600. The van der Waals surface area contributed by atoms with Crippen LogP contribution in [-0.2, 0) is 23.7 Å². The standard InChI is InChI=1S/C21H38O15/c1-6(2)19-16(29)13(26)11(24)8(34-19)4-32-21-18(31)15(28)12(25)9(36-21)5-33-20-17(30)14(27)10(23)7(3-22)35-20/h6-31H,3-5H2,1-2H3/t7?,8?,9?,10-,11-,12-,13?,14?,15?,16+,17+,18+,19-,20+,21+/m0/s1. The van der Waals surface area contributed by atoms with E-state index >= 15 is 0 Å². The Balaban J connectivity index is 1.60. The summed E-state index contributed by atoms with van der Waals surface area (Å²) in [4.78, 5) is 0. The van der Waals surface area contributed by atoms with Crippen molar-refractivity contribution >= 4 is 0 Å². The highest BCUT2D eigenvalue weighted by Crippen LogP contribution is 2.29. The number of aliphatic hydroxyl groups is 10. The molecule has 0 bridgehead atoms. The summed E-state index contributed by atoms with van der Waals surface area (Å²) in [6.45, 7) is 1.88. The molecule has 15 nitrogen and oxygen atoms in total. The largest absolute Gasteiger partial charge is 0.394 e. The molecule has 3 aliphatic heterocycles. The molecule has 0 aromatic carbocycles. The predicted molar refractivity (Wildman–Crippen MR) is 114 cm³/mol. The van der Waals surface area contributed by atoms with Gasteiger partial charge in [-0.1, -0.05) is 13.8 Å². The number of aliphatic hydroxyl groups excluding tert-OH is 10. The molecule has 0 saturated carbocycles. The monoisotopic (exact) mass is 530 g/mol. The minimum absolute atomic E-state index is 0.206. The highest BCUT2D eigenvalue weighted by atomic mass is 16.7. The maximum Gasteiger partial charge on any atom is 0.186 e. The van der Waals surface area contributed by atoms with Crippen LogP contribution in [0.5, 0.6) is 0 Å².